The van der Waals surface area contributed by atoms with Gasteiger partial charge >= 0.3 is 0 Å². The van der Waals surface area contributed by atoms with E-state index in [0.29, 0.717) is 0 Å². The second-order valence-corrected chi connectivity index (χ2v) is 7.00. The summed E-state index contributed by atoms with van der Waals surface area (Å²) in [6, 6.07) is 0.989. The van der Waals surface area contributed by atoms with Gasteiger partial charge in [0.2, 0.25) is 0 Å². The molecule has 0 aromatic carbocycles. The zero-order chi connectivity index (χ0) is 11.2. The van der Waals surface area contributed by atoms with Gasteiger partial charge in [0.15, 0.2) is 0 Å². The van der Waals surface area contributed by atoms with Crippen LogP contribution >= 0.6 is 0 Å². The maximum atomic E-state index is 3.57. The average Bonchev–Trinajstić information content (AvgIpc) is 2.68. The Bertz CT molecular complexity index is 257. The molecule has 4 fully saturated rings. The Kier molecular flexibility index (Phi) is 2.69. The molecule has 0 bridgehead atoms. The summed E-state index contributed by atoms with van der Waals surface area (Å²) in [4.78, 5) is 2.92. The number of hydrogen-bond acceptors (Lipinski definition) is 2. The average molecular weight is 234 g/mol. The highest BCUT2D eigenvalue weighted by atomic mass is 15.2. The minimum absolute atomic E-state index is 0.984. The molecule has 0 unspecified atom stereocenters. The summed E-state index contributed by atoms with van der Waals surface area (Å²) >= 11 is 0. The molecule has 0 spiro atoms. The van der Waals surface area contributed by atoms with Gasteiger partial charge in [-0.15, -0.1) is 0 Å². The van der Waals surface area contributed by atoms with E-state index in [1.54, 1.807) is 0 Å². The van der Waals surface area contributed by atoms with Crippen LogP contribution in [0.5, 0.6) is 0 Å². The van der Waals surface area contributed by atoms with Crippen molar-refractivity contribution in [2.75, 3.05) is 26.2 Å². The smallest absolute Gasteiger partial charge is 0.0152 e. The Labute approximate surface area is 105 Å². The monoisotopic (exact) mass is 234 g/mol. The molecule has 0 aromatic rings. The van der Waals surface area contributed by atoms with Gasteiger partial charge in [-0.2, -0.15) is 0 Å². The van der Waals surface area contributed by atoms with Gasteiger partial charge in [0.05, 0.1) is 0 Å². The maximum Gasteiger partial charge on any atom is 0.0152 e. The summed E-state index contributed by atoms with van der Waals surface area (Å²) in [5.74, 6) is 4.12. The zero-order valence-corrected chi connectivity index (χ0v) is 10.9. The fraction of sp³-hybridized carbons (Fsp3) is 1.00. The van der Waals surface area contributed by atoms with E-state index in [1.807, 2.05) is 0 Å². The van der Waals surface area contributed by atoms with Gasteiger partial charge in [-0.05, 0) is 62.4 Å². The topological polar surface area (TPSA) is 15.3 Å². The van der Waals surface area contributed by atoms with Gasteiger partial charge < -0.3 is 5.32 Å². The van der Waals surface area contributed by atoms with E-state index in [1.165, 1.54) is 64.7 Å². The normalized spacial score (nSPS) is 39.4. The van der Waals surface area contributed by atoms with Crippen molar-refractivity contribution in [2.24, 2.45) is 23.7 Å². The number of hydrogen-bond donors (Lipinski definition) is 1. The van der Waals surface area contributed by atoms with Crippen molar-refractivity contribution in [1.82, 2.24) is 10.2 Å². The van der Waals surface area contributed by atoms with Crippen LogP contribution in [0.4, 0.5) is 0 Å². The van der Waals surface area contributed by atoms with Crippen LogP contribution in [0.2, 0.25) is 0 Å². The lowest BCUT2D eigenvalue weighted by atomic mass is 9.68. The van der Waals surface area contributed by atoms with Crippen LogP contribution in [0.15, 0.2) is 0 Å². The Morgan fingerprint density at radius 2 is 1.35 bits per heavy atom. The molecule has 2 nitrogen and oxygen atoms in total. The summed E-state index contributed by atoms with van der Waals surface area (Å²) in [5.41, 5.74) is 0. The van der Waals surface area contributed by atoms with Gasteiger partial charge in [-0.3, -0.25) is 4.90 Å². The molecule has 0 aromatic heterocycles. The lowest BCUT2D eigenvalue weighted by molar-refractivity contribution is 0.0315. The summed E-state index contributed by atoms with van der Waals surface area (Å²) in [5, 5.41) is 3.57. The first-order valence-corrected chi connectivity index (χ1v) is 7.86. The molecule has 2 saturated heterocycles. The largest absolute Gasteiger partial charge is 0.316 e. The fourth-order valence-electron chi connectivity index (χ4n) is 4.68. The van der Waals surface area contributed by atoms with E-state index < -0.39 is 0 Å². The highest BCUT2D eigenvalue weighted by Gasteiger charge is 2.45. The first kappa shape index (κ1) is 10.8. The summed E-state index contributed by atoms with van der Waals surface area (Å²) in [6.45, 7) is 5.41. The number of nitrogens with one attached hydrogen (secondary N) is 1. The minimum atomic E-state index is 0.984. The molecule has 1 N–H and O–H groups in total. The Balaban J connectivity index is 1.46. The van der Waals surface area contributed by atoms with E-state index in [2.05, 4.69) is 10.2 Å². The van der Waals surface area contributed by atoms with Crippen molar-refractivity contribution < 1.29 is 0 Å². The molecule has 4 rings (SSSR count). The Hall–Kier alpha value is -0.0800. The van der Waals surface area contributed by atoms with E-state index in [9.17, 15) is 0 Å². The van der Waals surface area contributed by atoms with Crippen molar-refractivity contribution in [3.63, 3.8) is 0 Å². The van der Waals surface area contributed by atoms with Crippen molar-refractivity contribution in [2.45, 2.75) is 44.6 Å². The van der Waals surface area contributed by atoms with Crippen LogP contribution in [0.1, 0.15) is 38.5 Å². The molecule has 2 heterocycles. The van der Waals surface area contributed by atoms with Crippen molar-refractivity contribution >= 4 is 0 Å². The molecule has 2 aliphatic heterocycles. The standard InChI is InChI=1S/C15H26N2/c1-3-11(4-1)15(12-5-2-6-12)17-9-13-7-16-8-14(13)10-17/h11-16H,1-10H2/t13-,14+. The first-order chi connectivity index (χ1) is 8.42. The van der Waals surface area contributed by atoms with Crippen LogP contribution in [-0.2, 0) is 0 Å². The molecule has 17 heavy (non-hydrogen) atoms. The van der Waals surface area contributed by atoms with Crippen molar-refractivity contribution in [1.29, 1.82) is 0 Å². The van der Waals surface area contributed by atoms with Crippen LogP contribution in [0, 0.1) is 23.7 Å². The Morgan fingerprint density at radius 1 is 0.824 bits per heavy atom. The third kappa shape index (κ3) is 1.76. The summed E-state index contributed by atoms with van der Waals surface area (Å²) in [6.07, 6.45) is 9.15. The van der Waals surface area contributed by atoms with E-state index in [-0.39, 0.29) is 0 Å². The minimum Gasteiger partial charge on any atom is -0.316 e. The summed E-state index contributed by atoms with van der Waals surface area (Å²) in [7, 11) is 0. The van der Waals surface area contributed by atoms with Gasteiger partial charge in [-0.25, -0.2) is 0 Å². The first-order valence-electron chi connectivity index (χ1n) is 7.86. The lowest BCUT2D eigenvalue weighted by Crippen LogP contribution is -2.49. The molecule has 0 amide bonds. The molecule has 0 radical (unpaired) electrons. The number of likely N-dealkylation sites (tertiary alicyclic amines) is 1. The van der Waals surface area contributed by atoms with Crippen molar-refractivity contribution in [3.8, 4) is 0 Å². The Morgan fingerprint density at radius 3 is 1.76 bits per heavy atom. The SMILES string of the molecule is C1CC(C(C2CCC2)N2C[C@H]3CNC[C@H]3C2)C1. The molecule has 2 aliphatic carbocycles. The number of fused-ring (bicyclic) bond motifs is 1. The highest BCUT2D eigenvalue weighted by molar-refractivity contribution is 4.99. The molecule has 96 valence electrons. The van der Waals surface area contributed by atoms with Gasteiger partial charge in [0, 0.05) is 19.1 Å². The molecule has 2 saturated carbocycles. The number of nitrogens with zero attached hydrogens (tertiary/aromatic N) is 1. The van der Waals surface area contributed by atoms with E-state index in [0.717, 1.165) is 29.7 Å². The predicted molar refractivity (Wildman–Crippen MR) is 69.9 cm³/mol. The second-order valence-electron chi connectivity index (χ2n) is 7.00. The van der Waals surface area contributed by atoms with Gasteiger partial charge in [-0.1, -0.05) is 12.8 Å². The molecular formula is C15H26N2. The van der Waals surface area contributed by atoms with Crippen LogP contribution in [0.25, 0.3) is 0 Å². The second kappa shape index (κ2) is 4.24. The highest BCUT2D eigenvalue weighted by Crippen LogP contribution is 2.44. The van der Waals surface area contributed by atoms with Gasteiger partial charge in [0.1, 0.15) is 0 Å². The quantitative estimate of drug-likeness (QED) is 0.804. The molecular weight excluding hydrogens is 208 g/mol. The zero-order valence-electron chi connectivity index (χ0n) is 10.9. The van der Waals surface area contributed by atoms with Crippen molar-refractivity contribution in [3.05, 3.63) is 0 Å². The fourth-order valence-corrected chi connectivity index (χ4v) is 4.68. The maximum absolute atomic E-state index is 3.57. The van der Waals surface area contributed by atoms with Crippen LogP contribution in [0.3, 0.4) is 0 Å². The third-order valence-electron chi connectivity index (χ3n) is 6.11. The summed E-state index contributed by atoms with van der Waals surface area (Å²) < 4.78 is 0. The van der Waals surface area contributed by atoms with E-state index in [4.69, 9.17) is 0 Å². The van der Waals surface area contributed by atoms with E-state index >= 15 is 0 Å². The lowest BCUT2D eigenvalue weighted by Gasteiger charge is -2.47. The van der Waals surface area contributed by atoms with Crippen LogP contribution in [-0.4, -0.2) is 37.1 Å². The number of rotatable bonds is 3. The van der Waals surface area contributed by atoms with Gasteiger partial charge in [0.25, 0.3) is 0 Å². The molecule has 2 atom stereocenters. The molecule has 2 heteroatoms. The third-order valence-corrected chi connectivity index (χ3v) is 6.11. The van der Waals surface area contributed by atoms with Crippen LogP contribution < -0.4 is 5.32 Å². The predicted octanol–water partition coefficient (Wildman–Crippen LogP) is 2.11. The molecule has 4 aliphatic rings.